The molecule has 1 saturated heterocycles. The summed E-state index contributed by atoms with van der Waals surface area (Å²) < 4.78 is 17.4. The lowest BCUT2D eigenvalue weighted by atomic mass is 9.79. The molecule has 1 aromatic rings. The molecule has 21 heavy (non-hydrogen) atoms. The second-order valence-electron chi connectivity index (χ2n) is 6.52. The van der Waals surface area contributed by atoms with E-state index in [9.17, 15) is 5.11 Å². The number of aliphatic hydroxyl groups excluding tert-OH is 1. The Kier molecular flexibility index (Phi) is 3.84. The molecule has 4 heteroatoms. The molecule has 0 aliphatic carbocycles. The number of fused-ring (bicyclic) bond motifs is 1. The predicted octanol–water partition coefficient (Wildman–Crippen LogP) is 3.08. The maximum absolute atomic E-state index is 10.5. The van der Waals surface area contributed by atoms with Crippen LogP contribution in [0.4, 0.5) is 0 Å². The van der Waals surface area contributed by atoms with Gasteiger partial charge in [0.05, 0.1) is 25.9 Å². The van der Waals surface area contributed by atoms with Crippen LogP contribution in [0.5, 0.6) is 11.5 Å². The van der Waals surface area contributed by atoms with Gasteiger partial charge in [-0.1, -0.05) is 13.8 Å². The third-order valence-corrected chi connectivity index (χ3v) is 4.68. The minimum absolute atomic E-state index is 0.193. The van der Waals surface area contributed by atoms with Crippen molar-refractivity contribution in [2.24, 2.45) is 5.92 Å². The van der Waals surface area contributed by atoms with E-state index in [4.69, 9.17) is 14.2 Å². The average molecular weight is 292 g/mol. The molecule has 0 amide bonds. The molecule has 1 spiro atoms. The molecule has 1 fully saturated rings. The molecular formula is C17H24O4. The van der Waals surface area contributed by atoms with Crippen LogP contribution in [0.15, 0.2) is 18.2 Å². The van der Waals surface area contributed by atoms with Crippen LogP contribution < -0.4 is 9.47 Å². The van der Waals surface area contributed by atoms with Crippen molar-refractivity contribution in [1.29, 1.82) is 0 Å². The van der Waals surface area contributed by atoms with Crippen molar-refractivity contribution in [3.63, 3.8) is 0 Å². The number of hydrogen-bond donors (Lipinski definition) is 1. The maximum atomic E-state index is 10.5. The molecule has 2 heterocycles. The molecule has 2 unspecified atom stereocenters. The van der Waals surface area contributed by atoms with Crippen molar-refractivity contribution in [2.45, 2.75) is 50.9 Å². The van der Waals surface area contributed by atoms with E-state index in [0.29, 0.717) is 18.9 Å². The van der Waals surface area contributed by atoms with E-state index in [1.165, 1.54) is 0 Å². The highest BCUT2D eigenvalue weighted by atomic mass is 16.5. The van der Waals surface area contributed by atoms with Crippen LogP contribution in [0.1, 0.15) is 44.8 Å². The predicted molar refractivity (Wildman–Crippen MR) is 79.7 cm³/mol. The van der Waals surface area contributed by atoms with Crippen molar-refractivity contribution in [2.75, 3.05) is 13.7 Å². The number of hydrogen-bond acceptors (Lipinski definition) is 4. The van der Waals surface area contributed by atoms with Gasteiger partial charge in [0.25, 0.3) is 0 Å². The first-order valence-corrected chi connectivity index (χ1v) is 7.70. The Morgan fingerprint density at radius 3 is 2.86 bits per heavy atom. The molecule has 0 saturated carbocycles. The van der Waals surface area contributed by atoms with E-state index in [0.717, 1.165) is 29.9 Å². The number of benzene rings is 1. The van der Waals surface area contributed by atoms with Gasteiger partial charge in [-0.05, 0) is 18.1 Å². The monoisotopic (exact) mass is 292 g/mol. The molecule has 0 radical (unpaired) electrons. The van der Waals surface area contributed by atoms with E-state index in [1.54, 1.807) is 7.11 Å². The summed E-state index contributed by atoms with van der Waals surface area (Å²) >= 11 is 0. The first-order valence-electron chi connectivity index (χ1n) is 7.70. The molecule has 3 atom stereocenters. The van der Waals surface area contributed by atoms with Gasteiger partial charge >= 0.3 is 0 Å². The Morgan fingerprint density at radius 2 is 2.14 bits per heavy atom. The smallest absolute Gasteiger partial charge is 0.129 e. The first kappa shape index (κ1) is 14.7. The van der Waals surface area contributed by atoms with Gasteiger partial charge in [-0.25, -0.2) is 0 Å². The zero-order valence-electron chi connectivity index (χ0n) is 13.0. The average Bonchev–Trinajstić information content (AvgIpc) is 2.46. The fourth-order valence-corrected chi connectivity index (χ4v) is 3.37. The van der Waals surface area contributed by atoms with Gasteiger partial charge in [0.2, 0.25) is 0 Å². The molecule has 116 valence electrons. The molecule has 2 aliphatic heterocycles. The number of aliphatic hydroxyl groups is 1. The molecular weight excluding hydrogens is 268 g/mol. The largest absolute Gasteiger partial charge is 0.497 e. The van der Waals surface area contributed by atoms with Gasteiger partial charge in [-0.15, -0.1) is 0 Å². The molecule has 1 aromatic carbocycles. The van der Waals surface area contributed by atoms with Crippen LogP contribution in [0.3, 0.4) is 0 Å². The molecule has 2 aliphatic rings. The Labute approximate surface area is 126 Å². The van der Waals surface area contributed by atoms with Crippen molar-refractivity contribution >= 4 is 0 Å². The Bertz CT molecular complexity index is 514. The van der Waals surface area contributed by atoms with Gasteiger partial charge in [0, 0.05) is 30.9 Å². The summed E-state index contributed by atoms with van der Waals surface area (Å²) in [6.07, 6.45) is 2.00. The lowest BCUT2D eigenvalue weighted by molar-refractivity contribution is -0.127. The van der Waals surface area contributed by atoms with E-state index < -0.39 is 6.10 Å². The second-order valence-corrected chi connectivity index (χ2v) is 6.52. The van der Waals surface area contributed by atoms with Gasteiger partial charge in [-0.2, -0.15) is 0 Å². The Balaban J connectivity index is 1.89. The normalized spacial score (nSPS) is 31.9. The van der Waals surface area contributed by atoms with Crippen LogP contribution in [0.25, 0.3) is 0 Å². The summed E-state index contributed by atoms with van der Waals surface area (Å²) in [5.74, 6) is 1.96. The summed E-state index contributed by atoms with van der Waals surface area (Å²) in [5.41, 5.74) is 0.542. The summed E-state index contributed by atoms with van der Waals surface area (Å²) in [5, 5.41) is 10.5. The van der Waals surface area contributed by atoms with Crippen LogP contribution in [-0.4, -0.2) is 30.5 Å². The lowest BCUT2D eigenvalue weighted by Gasteiger charge is -2.46. The minimum Gasteiger partial charge on any atom is -0.497 e. The van der Waals surface area contributed by atoms with Gasteiger partial charge < -0.3 is 19.3 Å². The Morgan fingerprint density at radius 1 is 1.33 bits per heavy atom. The Hall–Kier alpha value is -1.26. The molecule has 0 aromatic heterocycles. The van der Waals surface area contributed by atoms with E-state index in [1.807, 2.05) is 18.2 Å². The fourth-order valence-electron chi connectivity index (χ4n) is 3.37. The van der Waals surface area contributed by atoms with Crippen LogP contribution in [-0.2, 0) is 4.74 Å². The van der Waals surface area contributed by atoms with Gasteiger partial charge in [0.1, 0.15) is 17.1 Å². The van der Waals surface area contributed by atoms with Crippen molar-refractivity contribution < 1.29 is 19.3 Å². The summed E-state index contributed by atoms with van der Waals surface area (Å²) in [4.78, 5) is 0. The maximum Gasteiger partial charge on any atom is 0.129 e. The highest BCUT2D eigenvalue weighted by molar-refractivity contribution is 5.44. The summed E-state index contributed by atoms with van der Waals surface area (Å²) in [6, 6.07) is 5.63. The summed E-state index contributed by atoms with van der Waals surface area (Å²) in [7, 11) is 1.64. The first-order chi connectivity index (χ1) is 10.0. The standard InChI is InChI=1S/C17H24O4/c1-11(2)16-10-17(6-7-20-16)9-14(18)13-5-4-12(19-3)8-15(13)21-17/h4-5,8,11,14,16,18H,6-7,9-10H2,1-3H3/t14-,16?,17?/m0/s1. The molecule has 0 bridgehead atoms. The molecule has 3 rings (SSSR count). The zero-order chi connectivity index (χ0) is 15.0. The van der Waals surface area contributed by atoms with Crippen molar-refractivity contribution in [3.8, 4) is 11.5 Å². The topological polar surface area (TPSA) is 47.9 Å². The number of ether oxygens (including phenoxy) is 3. The van der Waals surface area contributed by atoms with Gasteiger partial charge in [0.15, 0.2) is 0 Å². The summed E-state index contributed by atoms with van der Waals surface area (Å²) in [6.45, 7) is 5.02. The van der Waals surface area contributed by atoms with Crippen LogP contribution in [0.2, 0.25) is 0 Å². The minimum atomic E-state index is -0.481. The number of rotatable bonds is 2. The zero-order valence-corrected chi connectivity index (χ0v) is 13.0. The quantitative estimate of drug-likeness (QED) is 0.910. The van der Waals surface area contributed by atoms with E-state index in [2.05, 4.69) is 13.8 Å². The third-order valence-electron chi connectivity index (χ3n) is 4.68. The highest BCUT2D eigenvalue weighted by Crippen LogP contribution is 2.46. The molecule has 1 N–H and O–H groups in total. The second kappa shape index (κ2) is 5.50. The van der Waals surface area contributed by atoms with Gasteiger partial charge in [-0.3, -0.25) is 0 Å². The number of methoxy groups -OCH3 is 1. The highest BCUT2D eigenvalue weighted by Gasteiger charge is 2.45. The van der Waals surface area contributed by atoms with E-state index >= 15 is 0 Å². The lowest BCUT2D eigenvalue weighted by Crippen LogP contribution is -2.49. The van der Waals surface area contributed by atoms with Crippen molar-refractivity contribution in [1.82, 2.24) is 0 Å². The van der Waals surface area contributed by atoms with Crippen LogP contribution in [0, 0.1) is 5.92 Å². The van der Waals surface area contributed by atoms with E-state index in [-0.39, 0.29) is 11.7 Å². The van der Waals surface area contributed by atoms with Crippen LogP contribution >= 0.6 is 0 Å². The SMILES string of the molecule is COc1ccc2c(c1)OC1(CCOC(C(C)C)C1)C[C@@H]2O. The van der Waals surface area contributed by atoms with Crippen molar-refractivity contribution in [3.05, 3.63) is 23.8 Å². The fraction of sp³-hybridized carbons (Fsp3) is 0.647. The molecule has 4 nitrogen and oxygen atoms in total. The third kappa shape index (κ3) is 2.74.